The van der Waals surface area contributed by atoms with Gasteiger partial charge in [-0.3, -0.25) is 4.90 Å². The van der Waals surface area contributed by atoms with Gasteiger partial charge in [-0.05, 0) is 23.5 Å². The second-order valence-corrected chi connectivity index (χ2v) is 5.78. The standard InChI is InChI=1S/C19H22NO/c21-12-11-18-14-20(13-16-7-3-1-4-8-16)15-19(18)17-9-5-2-6-10-17/h1-11,18-19,21H,12-15H2/t18-,19+/m0/s1. The highest BCUT2D eigenvalue weighted by atomic mass is 16.3. The van der Waals surface area contributed by atoms with Crippen LogP contribution in [0.3, 0.4) is 0 Å². The number of aliphatic hydroxyl groups excluding tert-OH is 1. The van der Waals surface area contributed by atoms with Crippen LogP contribution in [0.2, 0.25) is 0 Å². The molecule has 1 fully saturated rings. The molecule has 1 heterocycles. The van der Waals surface area contributed by atoms with Crippen molar-refractivity contribution in [3.63, 3.8) is 0 Å². The molecule has 3 rings (SSSR count). The maximum absolute atomic E-state index is 9.29. The highest BCUT2D eigenvalue weighted by molar-refractivity contribution is 5.24. The molecule has 109 valence electrons. The van der Waals surface area contributed by atoms with Crippen LogP contribution in [0, 0.1) is 12.3 Å². The zero-order valence-corrected chi connectivity index (χ0v) is 12.2. The lowest BCUT2D eigenvalue weighted by atomic mass is 9.87. The first-order chi connectivity index (χ1) is 10.4. The molecule has 1 N–H and O–H groups in total. The van der Waals surface area contributed by atoms with E-state index < -0.39 is 0 Å². The summed E-state index contributed by atoms with van der Waals surface area (Å²) in [7, 11) is 0. The highest BCUT2D eigenvalue weighted by Gasteiger charge is 2.33. The molecule has 0 amide bonds. The fraction of sp³-hybridized carbons (Fsp3) is 0.316. The lowest BCUT2D eigenvalue weighted by Crippen LogP contribution is -2.20. The van der Waals surface area contributed by atoms with Gasteiger partial charge >= 0.3 is 0 Å². The molecule has 2 atom stereocenters. The predicted molar refractivity (Wildman–Crippen MR) is 85.8 cm³/mol. The summed E-state index contributed by atoms with van der Waals surface area (Å²) < 4.78 is 0. The normalized spacial score (nSPS) is 22.5. The number of likely N-dealkylation sites (tertiary alicyclic amines) is 1. The minimum atomic E-state index is 0.160. The van der Waals surface area contributed by atoms with Crippen LogP contribution >= 0.6 is 0 Å². The van der Waals surface area contributed by atoms with E-state index in [0.29, 0.717) is 11.8 Å². The molecule has 21 heavy (non-hydrogen) atoms. The van der Waals surface area contributed by atoms with E-state index in [9.17, 15) is 5.11 Å². The molecule has 0 bridgehead atoms. The Balaban J connectivity index is 1.72. The third-order valence-corrected chi connectivity index (χ3v) is 4.33. The van der Waals surface area contributed by atoms with Gasteiger partial charge in [-0.1, -0.05) is 60.7 Å². The van der Waals surface area contributed by atoms with Gasteiger partial charge in [0, 0.05) is 32.2 Å². The molecule has 2 aromatic rings. The Labute approximate surface area is 127 Å². The lowest BCUT2D eigenvalue weighted by molar-refractivity contribution is 0.294. The zero-order valence-electron chi connectivity index (χ0n) is 12.2. The molecule has 0 aromatic heterocycles. The molecule has 0 unspecified atom stereocenters. The maximum Gasteiger partial charge on any atom is 0.0466 e. The van der Waals surface area contributed by atoms with Crippen LogP contribution in [-0.4, -0.2) is 29.7 Å². The van der Waals surface area contributed by atoms with Crippen molar-refractivity contribution in [3.8, 4) is 0 Å². The lowest BCUT2D eigenvalue weighted by Gasteiger charge is -2.17. The quantitative estimate of drug-likeness (QED) is 0.909. The first-order valence-corrected chi connectivity index (χ1v) is 7.62. The van der Waals surface area contributed by atoms with Gasteiger partial charge in [0.25, 0.3) is 0 Å². The fourth-order valence-electron chi connectivity index (χ4n) is 3.31. The van der Waals surface area contributed by atoms with E-state index in [-0.39, 0.29) is 6.61 Å². The number of benzene rings is 2. The van der Waals surface area contributed by atoms with Gasteiger partial charge in [-0.2, -0.15) is 0 Å². The average molecular weight is 280 g/mol. The third kappa shape index (κ3) is 3.52. The van der Waals surface area contributed by atoms with E-state index >= 15 is 0 Å². The summed E-state index contributed by atoms with van der Waals surface area (Å²) in [6, 6.07) is 21.3. The Morgan fingerprint density at radius 3 is 2.29 bits per heavy atom. The summed E-state index contributed by atoms with van der Waals surface area (Å²) in [5.41, 5.74) is 2.73. The predicted octanol–water partition coefficient (Wildman–Crippen LogP) is 3.10. The van der Waals surface area contributed by atoms with E-state index in [2.05, 4.69) is 72.0 Å². The summed E-state index contributed by atoms with van der Waals surface area (Å²) in [6.07, 6.45) is 2.06. The zero-order chi connectivity index (χ0) is 14.5. The van der Waals surface area contributed by atoms with Crippen LogP contribution in [0.5, 0.6) is 0 Å². The molecule has 0 spiro atoms. The Morgan fingerprint density at radius 2 is 1.62 bits per heavy atom. The number of nitrogens with zero attached hydrogens (tertiary/aromatic N) is 1. The van der Waals surface area contributed by atoms with Crippen LogP contribution in [0.4, 0.5) is 0 Å². The van der Waals surface area contributed by atoms with Gasteiger partial charge in [0.1, 0.15) is 0 Å². The van der Waals surface area contributed by atoms with E-state index in [1.165, 1.54) is 11.1 Å². The summed E-state index contributed by atoms with van der Waals surface area (Å²) >= 11 is 0. The van der Waals surface area contributed by atoms with Gasteiger partial charge in [-0.25, -0.2) is 0 Å². The molecule has 1 aliphatic rings. The van der Waals surface area contributed by atoms with E-state index in [1.807, 2.05) is 0 Å². The number of hydrogen-bond donors (Lipinski definition) is 1. The Hall–Kier alpha value is -1.64. The average Bonchev–Trinajstić information content (AvgIpc) is 2.92. The van der Waals surface area contributed by atoms with Crippen molar-refractivity contribution in [2.24, 2.45) is 5.92 Å². The van der Waals surface area contributed by atoms with Crippen molar-refractivity contribution in [2.45, 2.75) is 12.5 Å². The Bertz CT molecular complexity index is 540. The first kappa shape index (κ1) is 14.3. The highest BCUT2D eigenvalue weighted by Crippen LogP contribution is 2.34. The summed E-state index contributed by atoms with van der Waals surface area (Å²) in [5, 5.41) is 9.29. The topological polar surface area (TPSA) is 23.5 Å². The second-order valence-electron chi connectivity index (χ2n) is 5.78. The summed E-state index contributed by atoms with van der Waals surface area (Å²) in [5.74, 6) is 0.920. The van der Waals surface area contributed by atoms with Crippen LogP contribution in [0.1, 0.15) is 17.0 Å². The number of rotatable bonds is 5. The minimum Gasteiger partial charge on any atom is -0.396 e. The molecule has 2 aromatic carbocycles. The molecule has 1 radical (unpaired) electrons. The van der Waals surface area contributed by atoms with Gasteiger partial charge in [0.05, 0.1) is 0 Å². The van der Waals surface area contributed by atoms with Crippen LogP contribution < -0.4 is 0 Å². The third-order valence-electron chi connectivity index (χ3n) is 4.33. The van der Waals surface area contributed by atoms with E-state index in [0.717, 1.165) is 19.6 Å². The van der Waals surface area contributed by atoms with Crippen molar-refractivity contribution >= 4 is 0 Å². The summed E-state index contributed by atoms with van der Waals surface area (Å²) in [4.78, 5) is 2.49. The summed E-state index contributed by atoms with van der Waals surface area (Å²) in [6.45, 7) is 3.22. The largest absolute Gasteiger partial charge is 0.396 e. The molecule has 0 aliphatic carbocycles. The second kappa shape index (κ2) is 6.88. The molecular formula is C19H22NO. The molecule has 2 nitrogen and oxygen atoms in total. The van der Waals surface area contributed by atoms with Crippen molar-refractivity contribution < 1.29 is 5.11 Å². The van der Waals surface area contributed by atoms with Crippen LogP contribution in [0.25, 0.3) is 0 Å². The van der Waals surface area contributed by atoms with Gasteiger partial charge < -0.3 is 5.11 Å². The van der Waals surface area contributed by atoms with Crippen molar-refractivity contribution in [1.29, 1.82) is 0 Å². The van der Waals surface area contributed by atoms with Gasteiger partial charge in [0.2, 0.25) is 0 Å². The van der Waals surface area contributed by atoms with Crippen molar-refractivity contribution in [3.05, 3.63) is 78.2 Å². The monoisotopic (exact) mass is 280 g/mol. The fourth-order valence-corrected chi connectivity index (χ4v) is 3.31. The number of aliphatic hydroxyl groups is 1. The van der Waals surface area contributed by atoms with Gasteiger partial charge in [-0.15, -0.1) is 0 Å². The van der Waals surface area contributed by atoms with Crippen LogP contribution in [-0.2, 0) is 6.54 Å². The minimum absolute atomic E-state index is 0.160. The number of hydrogen-bond acceptors (Lipinski definition) is 2. The molecular weight excluding hydrogens is 258 g/mol. The van der Waals surface area contributed by atoms with Crippen molar-refractivity contribution in [1.82, 2.24) is 4.90 Å². The molecule has 1 saturated heterocycles. The molecule has 1 aliphatic heterocycles. The van der Waals surface area contributed by atoms with E-state index in [1.54, 1.807) is 0 Å². The Kier molecular flexibility index (Phi) is 4.69. The van der Waals surface area contributed by atoms with Crippen LogP contribution in [0.15, 0.2) is 60.7 Å². The maximum atomic E-state index is 9.29. The first-order valence-electron chi connectivity index (χ1n) is 7.62. The van der Waals surface area contributed by atoms with E-state index in [4.69, 9.17) is 0 Å². The van der Waals surface area contributed by atoms with Gasteiger partial charge in [0.15, 0.2) is 0 Å². The molecule has 2 heteroatoms. The SMILES string of the molecule is OC[CH][C@H]1CN(Cc2ccccc2)C[C@@H]1c1ccccc1. The van der Waals surface area contributed by atoms with Crippen molar-refractivity contribution in [2.75, 3.05) is 19.7 Å². The Morgan fingerprint density at radius 1 is 0.952 bits per heavy atom. The smallest absolute Gasteiger partial charge is 0.0466 e. The molecule has 0 saturated carbocycles.